The van der Waals surface area contributed by atoms with Crippen LogP contribution in [0.2, 0.25) is 0 Å². The first kappa shape index (κ1) is 19.1. The number of esters is 1. The monoisotopic (exact) mass is 360 g/mol. The number of hydrogen-bond acceptors (Lipinski definition) is 3. The minimum atomic E-state index is -5.87. The Morgan fingerprint density at radius 3 is 2.08 bits per heavy atom. The van der Waals surface area contributed by atoms with Gasteiger partial charge in [0, 0.05) is 17.9 Å². The molecule has 3 nitrogen and oxygen atoms in total. The van der Waals surface area contributed by atoms with Crippen molar-refractivity contribution in [2.24, 2.45) is 17.8 Å². The number of ether oxygens (including phenoxy) is 1. The van der Waals surface area contributed by atoms with Gasteiger partial charge in [0.15, 0.2) is 0 Å². The first-order valence-electron chi connectivity index (χ1n) is 7.50. The molecule has 0 heterocycles. The maximum atomic E-state index is 12.9. The van der Waals surface area contributed by atoms with Gasteiger partial charge in [0.2, 0.25) is 0 Å². The van der Waals surface area contributed by atoms with Crippen LogP contribution >= 0.6 is 0 Å². The molecule has 0 radical (unpaired) electrons. The van der Waals surface area contributed by atoms with Crippen molar-refractivity contribution in [3.8, 4) is 0 Å². The Bertz CT molecular complexity index is 510. The quantitative estimate of drug-likeness (QED) is 0.472. The molecular formula is C15H18F6O3. The van der Waals surface area contributed by atoms with Crippen molar-refractivity contribution in [3.63, 3.8) is 0 Å². The summed E-state index contributed by atoms with van der Waals surface area (Å²) in [5.41, 5.74) is -4.80. The van der Waals surface area contributed by atoms with E-state index in [1.807, 2.05) is 0 Å². The third kappa shape index (κ3) is 3.14. The van der Waals surface area contributed by atoms with Crippen LogP contribution < -0.4 is 0 Å². The maximum Gasteiger partial charge on any atom is 0.426 e. The van der Waals surface area contributed by atoms with Gasteiger partial charge in [-0.1, -0.05) is 6.58 Å². The molecule has 2 aliphatic carbocycles. The van der Waals surface area contributed by atoms with Crippen molar-refractivity contribution in [2.45, 2.75) is 56.7 Å². The predicted molar refractivity (Wildman–Crippen MR) is 70.7 cm³/mol. The van der Waals surface area contributed by atoms with Gasteiger partial charge in [-0.15, -0.1) is 0 Å². The van der Waals surface area contributed by atoms with Gasteiger partial charge in [0.25, 0.3) is 5.60 Å². The molecule has 9 heteroatoms. The van der Waals surface area contributed by atoms with E-state index in [1.54, 1.807) is 0 Å². The number of carbonyl (C=O) groups is 1. The molecule has 0 aromatic rings. The second-order valence-electron chi connectivity index (χ2n) is 6.71. The number of aliphatic hydroxyl groups is 1. The zero-order valence-electron chi connectivity index (χ0n) is 12.9. The molecule has 138 valence electrons. The van der Waals surface area contributed by atoms with Crippen molar-refractivity contribution in [1.29, 1.82) is 0 Å². The summed E-state index contributed by atoms with van der Waals surface area (Å²) >= 11 is 0. The zero-order valence-corrected chi connectivity index (χ0v) is 12.9. The molecule has 2 aliphatic rings. The lowest BCUT2D eigenvalue weighted by Crippen LogP contribution is -2.59. The Kier molecular flexibility index (Phi) is 4.71. The zero-order chi connectivity index (χ0) is 18.5. The second kappa shape index (κ2) is 5.93. The summed E-state index contributed by atoms with van der Waals surface area (Å²) in [6.45, 7) is 4.69. The van der Waals surface area contributed by atoms with Crippen LogP contribution in [0, 0.1) is 17.8 Å². The lowest BCUT2D eigenvalue weighted by Gasteiger charge is -2.38. The first-order chi connectivity index (χ1) is 10.8. The van der Waals surface area contributed by atoms with E-state index in [4.69, 9.17) is 4.74 Å². The molecule has 2 bridgehead atoms. The highest BCUT2D eigenvalue weighted by Gasteiger charge is 2.72. The lowest BCUT2D eigenvalue weighted by atomic mass is 9.78. The average molecular weight is 360 g/mol. The molecule has 4 atom stereocenters. The maximum absolute atomic E-state index is 12.9. The Hall–Kier alpha value is -1.25. The highest BCUT2D eigenvalue weighted by Crippen LogP contribution is 2.56. The molecule has 2 saturated carbocycles. The van der Waals surface area contributed by atoms with Crippen molar-refractivity contribution in [2.75, 3.05) is 0 Å². The number of fused-ring (bicyclic) bond motifs is 2. The van der Waals surface area contributed by atoms with Gasteiger partial charge >= 0.3 is 18.3 Å². The van der Waals surface area contributed by atoms with Gasteiger partial charge in [0.1, 0.15) is 6.10 Å². The van der Waals surface area contributed by atoms with Crippen LogP contribution in [0.4, 0.5) is 26.3 Å². The van der Waals surface area contributed by atoms with E-state index < -0.39 is 48.3 Å². The number of halogens is 6. The Morgan fingerprint density at radius 1 is 1.12 bits per heavy atom. The van der Waals surface area contributed by atoms with E-state index in [0.29, 0.717) is 19.3 Å². The number of carbonyl (C=O) groups excluding carboxylic acids is 1. The summed E-state index contributed by atoms with van der Waals surface area (Å²) in [5, 5.41) is 9.43. The molecule has 0 aliphatic heterocycles. The molecule has 2 fully saturated rings. The van der Waals surface area contributed by atoms with Crippen LogP contribution in [0.25, 0.3) is 0 Å². The summed E-state index contributed by atoms with van der Waals surface area (Å²) < 4.78 is 82.6. The fourth-order valence-electron chi connectivity index (χ4n) is 3.78. The lowest BCUT2D eigenvalue weighted by molar-refractivity contribution is -0.374. The molecule has 0 saturated heterocycles. The molecule has 0 aromatic carbocycles. The van der Waals surface area contributed by atoms with Crippen LogP contribution in [0.1, 0.15) is 32.6 Å². The first-order valence-corrected chi connectivity index (χ1v) is 7.50. The third-order valence-corrected chi connectivity index (χ3v) is 5.07. The highest BCUT2D eigenvalue weighted by atomic mass is 19.4. The minimum Gasteiger partial charge on any atom is -0.458 e. The highest BCUT2D eigenvalue weighted by molar-refractivity contribution is 5.87. The molecule has 0 spiro atoms. The molecular weight excluding hydrogens is 342 g/mol. The predicted octanol–water partition coefficient (Wildman–Crippen LogP) is 3.77. The molecule has 2 rings (SSSR count). The molecule has 24 heavy (non-hydrogen) atoms. The van der Waals surface area contributed by atoms with Crippen LogP contribution in [-0.4, -0.2) is 35.1 Å². The van der Waals surface area contributed by atoms with E-state index in [0.717, 1.165) is 0 Å². The van der Waals surface area contributed by atoms with Gasteiger partial charge in [-0.3, -0.25) is 0 Å². The van der Waals surface area contributed by atoms with Crippen LogP contribution in [0.3, 0.4) is 0 Å². The van der Waals surface area contributed by atoms with E-state index >= 15 is 0 Å². The van der Waals surface area contributed by atoms with Crippen LogP contribution in [-0.2, 0) is 9.53 Å². The largest absolute Gasteiger partial charge is 0.458 e. The van der Waals surface area contributed by atoms with Gasteiger partial charge in [-0.2, -0.15) is 26.3 Å². The summed E-state index contributed by atoms with van der Waals surface area (Å²) in [4.78, 5) is 11.7. The fraction of sp³-hybridized carbons (Fsp3) is 0.800. The van der Waals surface area contributed by atoms with Crippen molar-refractivity contribution >= 4 is 5.97 Å². The fourth-order valence-corrected chi connectivity index (χ4v) is 3.78. The number of alkyl halides is 6. The van der Waals surface area contributed by atoms with Crippen LogP contribution in [0.5, 0.6) is 0 Å². The van der Waals surface area contributed by atoms with Crippen molar-refractivity contribution < 1.29 is 41.0 Å². The summed E-state index contributed by atoms with van der Waals surface area (Å²) in [5.74, 6) is -2.76. The Labute approximate surface area is 134 Å². The number of hydrogen-bond donors (Lipinski definition) is 1. The Morgan fingerprint density at radius 2 is 1.62 bits per heavy atom. The Balaban J connectivity index is 2.27. The van der Waals surface area contributed by atoms with Crippen LogP contribution in [0.15, 0.2) is 12.2 Å². The summed E-state index contributed by atoms with van der Waals surface area (Å²) in [6.07, 6.45) is -12.9. The normalized spacial score (nSPS) is 30.5. The topological polar surface area (TPSA) is 46.5 Å². The van der Waals surface area contributed by atoms with Gasteiger partial charge in [-0.05, 0) is 38.0 Å². The van der Waals surface area contributed by atoms with E-state index in [1.165, 1.54) is 6.92 Å². The molecule has 4 unspecified atom stereocenters. The third-order valence-electron chi connectivity index (χ3n) is 5.07. The second-order valence-corrected chi connectivity index (χ2v) is 6.71. The molecule has 0 aromatic heterocycles. The standard InChI is InChI=1S/C15H18F6O3/c1-7(2)12(22)24-11-9-4-3-8(5-9)10(11)6-13(23,14(16,17)18)15(19,20)21/h8-11,23H,1,3-6H2,2H3. The smallest absolute Gasteiger partial charge is 0.426 e. The summed E-state index contributed by atoms with van der Waals surface area (Å²) in [7, 11) is 0. The summed E-state index contributed by atoms with van der Waals surface area (Å²) in [6, 6.07) is 0. The van der Waals surface area contributed by atoms with E-state index in [-0.39, 0.29) is 11.5 Å². The molecule has 1 N–H and O–H groups in total. The SMILES string of the molecule is C=C(C)C(=O)OC1C2CCC(C2)C1CC(O)(C(F)(F)F)C(F)(F)F. The van der Waals surface area contributed by atoms with Gasteiger partial charge in [-0.25, -0.2) is 4.79 Å². The number of rotatable bonds is 4. The van der Waals surface area contributed by atoms with Gasteiger partial charge in [0.05, 0.1) is 0 Å². The van der Waals surface area contributed by atoms with E-state index in [9.17, 15) is 36.2 Å². The molecule has 0 amide bonds. The van der Waals surface area contributed by atoms with Crippen molar-refractivity contribution in [1.82, 2.24) is 0 Å². The van der Waals surface area contributed by atoms with E-state index in [2.05, 4.69) is 6.58 Å². The van der Waals surface area contributed by atoms with Crippen molar-refractivity contribution in [3.05, 3.63) is 12.2 Å². The average Bonchev–Trinajstić information content (AvgIpc) is 2.98. The van der Waals surface area contributed by atoms with Gasteiger partial charge < -0.3 is 9.84 Å². The minimum absolute atomic E-state index is 0.0124.